The van der Waals surface area contributed by atoms with Crippen LogP contribution in [0.3, 0.4) is 0 Å². The van der Waals surface area contributed by atoms with Crippen LogP contribution in [0.25, 0.3) is 0 Å². The van der Waals surface area contributed by atoms with E-state index in [0.29, 0.717) is 18.1 Å². The second kappa shape index (κ2) is 7.23. The van der Waals surface area contributed by atoms with Crippen molar-refractivity contribution in [1.29, 1.82) is 0 Å². The van der Waals surface area contributed by atoms with Gasteiger partial charge in [0.1, 0.15) is 0 Å². The lowest BCUT2D eigenvalue weighted by Gasteiger charge is -2.08. The van der Waals surface area contributed by atoms with Crippen LogP contribution in [0.4, 0.5) is 0 Å². The summed E-state index contributed by atoms with van der Waals surface area (Å²) >= 11 is 0. The molecule has 0 aliphatic heterocycles. The fourth-order valence-corrected chi connectivity index (χ4v) is 3.19. The molecule has 2 N–H and O–H groups in total. The molecule has 0 aliphatic carbocycles. The molecule has 0 aromatic heterocycles. The van der Waals surface area contributed by atoms with Gasteiger partial charge in [-0.05, 0) is 25.3 Å². The lowest BCUT2D eigenvalue weighted by Crippen LogP contribution is -2.16. The van der Waals surface area contributed by atoms with Crippen molar-refractivity contribution in [2.75, 3.05) is 18.1 Å². The Balaban J connectivity index is 3.73. The molecule has 0 aromatic carbocycles. The summed E-state index contributed by atoms with van der Waals surface area (Å²) in [4.78, 5) is 0. The number of hydrogen-bond acceptors (Lipinski definition) is 3. The zero-order valence-corrected chi connectivity index (χ0v) is 10.1. The zero-order valence-electron chi connectivity index (χ0n) is 9.33. The van der Waals surface area contributed by atoms with E-state index in [1.807, 2.05) is 13.8 Å². The van der Waals surface area contributed by atoms with Crippen LogP contribution in [0.15, 0.2) is 0 Å². The van der Waals surface area contributed by atoms with Gasteiger partial charge in [-0.1, -0.05) is 26.7 Å². The molecule has 0 saturated heterocycles. The van der Waals surface area contributed by atoms with Crippen LogP contribution in [-0.4, -0.2) is 26.5 Å². The van der Waals surface area contributed by atoms with Crippen molar-refractivity contribution in [3.05, 3.63) is 0 Å². The average Bonchev–Trinajstić information content (AvgIpc) is 2.12. The van der Waals surface area contributed by atoms with E-state index in [0.717, 1.165) is 25.7 Å². The third kappa shape index (κ3) is 7.33. The largest absolute Gasteiger partial charge is 0.330 e. The summed E-state index contributed by atoms with van der Waals surface area (Å²) in [5.41, 5.74) is 5.33. The van der Waals surface area contributed by atoms with Gasteiger partial charge in [0.05, 0.1) is 11.5 Å². The number of hydrogen-bond donors (Lipinski definition) is 1. The maximum Gasteiger partial charge on any atom is 0.150 e. The molecule has 0 saturated carbocycles. The lowest BCUT2D eigenvalue weighted by atomic mass is 10.2. The standard InChI is InChI=1S/C10H23NO2S/c1-3-10(2)9-14(12,13)8-6-4-5-7-11/h10H,3-9,11H2,1-2H3. The normalized spacial score (nSPS) is 14.2. The first-order chi connectivity index (χ1) is 6.52. The Morgan fingerprint density at radius 3 is 2.36 bits per heavy atom. The third-order valence-electron chi connectivity index (χ3n) is 2.39. The fourth-order valence-electron chi connectivity index (χ4n) is 1.28. The molecule has 4 heteroatoms. The number of rotatable bonds is 8. The number of unbranched alkanes of at least 4 members (excludes halogenated alkanes) is 2. The molecule has 1 atom stereocenters. The molecule has 86 valence electrons. The van der Waals surface area contributed by atoms with Gasteiger partial charge in [-0.2, -0.15) is 0 Å². The maximum absolute atomic E-state index is 11.5. The van der Waals surface area contributed by atoms with Gasteiger partial charge < -0.3 is 5.73 Å². The van der Waals surface area contributed by atoms with Gasteiger partial charge in [0, 0.05) is 0 Å². The summed E-state index contributed by atoms with van der Waals surface area (Å²) in [5, 5.41) is 0. The Morgan fingerprint density at radius 2 is 1.86 bits per heavy atom. The first-order valence-electron chi connectivity index (χ1n) is 5.42. The highest BCUT2D eigenvalue weighted by Crippen LogP contribution is 2.08. The molecule has 0 aliphatic rings. The molecule has 0 rings (SSSR count). The second-order valence-electron chi connectivity index (χ2n) is 3.98. The Hall–Kier alpha value is -0.0900. The summed E-state index contributed by atoms with van der Waals surface area (Å²) in [6, 6.07) is 0. The van der Waals surface area contributed by atoms with Crippen molar-refractivity contribution in [2.24, 2.45) is 11.7 Å². The monoisotopic (exact) mass is 221 g/mol. The predicted octanol–water partition coefficient (Wildman–Crippen LogP) is 1.58. The SMILES string of the molecule is CCC(C)CS(=O)(=O)CCCCCN. The maximum atomic E-state index is 11.5. The van der Waals surface area contributed by atoms with Crippen molar-refractivity contribution in [1.82, 2.24) is 0 Å². The predicted molar refractivity (Wildman–Crippen MR) is 61.0 cm³/mol. The second-order valence-corrected chi connectivity index (χ2v) is 6.21. The van der Waals surface area contributed by atoms with Crippen LogP contribution in [0.2, 0.25) is 0 Å². The smallest absolute Gasteiger partial charge is 0.150 e. The Morgan fingerprint density at radius 1 is 1.21 bits per heavy atom. The van der Waals surface area contributed by atoms with Crippen LogP contribution in [0.5, 0.6) is 0 Å². The topological polar surface area (TPSA) is 60.2 Å². The van der Waals surface area contributed by atoms with E-state index in [-0.39, 0.29) is 5.92 Å². The molecule has 0 spiro atoms. The minimum Gasteiger partial charge on any atom is -0.330 e. The van der Waals surface area contributed by atoms with Gasteiger partial charge in [-0.15, -0.1) is 0 Å². The summed E-state index contributed by atoms with van der Waals surface area (Å²) in [6.07, 6.45) is 3.55. The average molecular weight is 221 g/mol. The minimum absolute atomic E-state index is 0.287. The van der Waals surface area contributed by atoms with E-state index in [2.05, 4.69) is 0 Å². The highest BCUT2D eigenvalue weighted by Gasteiger charge is 2.13. The van der Waals surface area contributed by atoms with Crippen LogP contribution < -0.4 is 5.73 Å². The molecule has 0 bridgehead atoms. The fraction of sp³-hybridized carbons (Fsp3) is 1.00. The molecule has 0 radical (unpaired) electrons. The van der Waals surface area contributed by atoms with Crippen molar-refractivity contribution >= 4 is 9.84 Å². The van der Waals surface area contributed by atoms with Crippen molar-refractivity contribution in [3.8, 4) is 0 Å². The van der Waals surface area contributed by atoms with Gasteiger partial charge in [0.25, 0.3) is 0 Å². The highest BCUT2D eigenvalue weighted by molar-refractivity contribution is 7.91. The molecule has 0 aromatic rings. The van der Waals surface area contributed by atoms with E-state index in [9.17, 15) is 8.42 Å². The first kappa shape index (κ1) is 13.9. The highest BCUT2D eigenvalue weighted by atomic mass is 32.2. The molecule has 0 heterocycles. The Kier molecular flexibility index (Phi) is 7.19. The van der Waals surface area contributed by atoms with Crippen molar-refractivity contribution in [2.45, 2.75) is 39.5 Å². The van der Waals surface area contributed by atoms with Crippen LogP contribution in [0.1, 0.15) is 39.5 Å². The minimum atomic E-state index is -2.81. The third-order valence-corrected chi connectivity index (χ3v) is 4.38. The van der Waals surface area contributed by atoms with E-state index in [1.165, 1.54) is 0 Å². The van der Waals surface area contributed by atoms with Crippen LogP contribution in [-0.2, 0) is 9.84 Å². The van der Waals surface area contributed by atoms with Gasteiger partial charge >= 0.3 is 0 Å². The van der Waals surface area contributed by atoms with Crippen molar-refractivity contribution in [3.63, 3.8) is 0 Å². The summed E-state index contributed by atoms with van der Waals surface area (Å²) in [5.74, 6) is 0.957. The Labute approximate surface area is 88.0 Å². The van der Waals surface area contributed by atoms with Crippen LogP contribution >= 0.6 is 0 Å². The van der Waals surface area contributed by atoms with E-state index >= 15 is 0 Å². The summed E-state index contributed by atoms with van der Waals surface area (Å²) in [7, 11) is -2.81. The summed E-state index contributed by atoms with van der Waals surface area (Å²) in [6.45, 7) is 4.66. The van der Waals surface area contributed by atoms with Gasteiger partial charge in [0.2, 0.25) is 0 Å². The van der Waals surface area contributed by atoms with Gasteiger partial charge in [-0.25, -0.2) is 8.42 Å². The van der Waals surface area contributed by atoms with Gasteiger partial charge in [-0.3, -0.25) is 0 Å². The molecule has 14 heavy (non-hydrogen) atoms. The molecule has 3 nitrogen and oxygen atoms in total. The van der Waals surface area contributed by atoms with Crippen LogP contribution in [0, 0.1) is 5.92 Å². The first-order valence-corrected chi connectivity index (χ1v) is 7.24. The number of nitrogens with two attached hydrogens (primary N) is 1. The Bertz CT molecular complexity index is 224. The molecular weight excluding hydrogens is 198 g/mol. The van der Waals surface area contributed by atoms with E-state index < -0.39 is 9.84 Å². The molecular formula is C10H23NO2S. The lowest BCUT2D eigenvalue weighted by molar-refractivity contribution is 0.560. The number of sulfone groups is 1. The zero-order chi connectivity index (χ0) is 11.0. The molecule has 1 unspecified atom stereocenters. The van der Waals surface area contributed by atoms with E-state index in [4.69, 9.17) is 5.73 Å². The van der Waals surface area contributed by atoms with E-state index in [1.54, 1.807) is 0 Å². The van der Waals surface area contributed by atoms with Gasteiger partial charge in [0.15, 0.2) is 9.84 Å². The quantitative estimate of drug-likeness (QED) is 0.633. The van der Waals surface area contributed by atoms with Crippen molar-refractivity contribution < 1.29 is 8.42 Å². The summed E-state index contributed by atoms with van der Waals surface area (Å²) < 4.78 is 23.1. The molecule has 0 fully saturated rings. The molecule has 0 amide bonds.